The van der Waals surface area contributed by atoms with Crippen LogP contribution in [-0.2, 0) is 15.7 Å². The molecule has 0 radical (unpaired) electrons. The predicted molar refractivity (Wildman–Crippen MR) is 84.0 cm³/mol. The first-order chi connectivity index (χ1) is 11.9. The Kier molecular flexibility index (Phi) is 5.41. The topological polar surface area (TPSA) is 58.6 Å². The Bertz CT molecular complexity index is 597. The lowest BCUT2D eigenvalue weighted by molar-refractivity contribution is -0.141. The summed E-state index contributed by atoms with van der Waals surface area (Å²) in [7, 11) is 0. The van der Waals surface area contributed by atoms with Gasteiger partial charge in [0.15, 0.2) is 0 Å². The van der Waals surface area contributed by atoms with Crippen molar-refractivity contribution in [3.05, 3.63) is 18.1 Å². The summed E-state index contributed by atoms with van der Waals surface area (Å²) >= 11 is 0. The quantitative estimate of drug-likeness (QED) is 0.827. The van der Waals surface area contributed by atoms with E-state index in [1.165, 1.54) is 0 Å². The number of piperidine rings is 1. The van der Waals surface area contributed by atoms with Crippen LogP contribution in [0.5, 0.6) is 0 Å². The molecule has 1 aromatic rings. The molecule has 9 heteroatoms. The number of rotatable bonds is 3. The smallest absolute Gasteiger partial charge is 0.378 e. The summed E-state index contributed by atoms with van der Waals surface area (Å²) in [6.07, 6.45) is -1.50. The Morgan fingerprint density at radius 1 is 1.16 bits per heavy atom. The molecule has 2 saturated heterocycles. The molecular formula is C16H21F3N4O2. The second kappa shape index (κ2) is 7.55. The highest BCUT2D eigenvalue weighted by atomic mass is 19.4. The van der Waals surface area contributed by atoms with Gasteiger partial charge in [0, 0.05) is 38.7 Å². The third-order valence-electron chi connectivity index (χ3n) is 4.71. The number of morpholine rings is 1. The number of ether oxygens (including phenoxy) is 1. The van der Waals surface area contributed by atoms with Crippen LogP contribution >= 0.6 is 0 Å². The van der Waals surface area contributed by atoms with Crippen LogP contribution in [0.4, 0.5) is 19.0 Å². The molecule has 3 rings (SSSR count). The van der Waals surface area contributed by atoms with Gasteiger partial charge < -0.3 is 14.5 Å². The first kappa shape index (κ1) is 17.9. The maximum absolute atomic E-state index is 12.8. The summed E-state index contributed by atoms with van der Waals surface area (Å²) in [4.78, 5) is 23.2. The molecule has 0 aromatic carbocycles. The molecule has 25 heavy (non-hydrogen) atoms. The van der Waals surface area contributed by atoms with Crippen LogP contribution in [0.25, 0.3) is 0 Å². The highest BCUT2D eigenvalue weighted by Crippen LogP contribution is 2.30. The molecule has 0 atom stereocenters. The number of hydrogen-bond donors (Lipinski definition) is 0. The lowest BCUT2D eigenvalue weighted by Crippen LogP contribution is -2.42. The minimum Gasteiger partial charge on any atom is -0.378 e. The lowest BCUT2D eigenvalue weighted by atomic mass is 9.93. The lowest BCUT2D eigenvalue weighted by Gasteiger charge is -2.34. The highest BCUT2D eigenvalue weighted by Gasteiger charge is 2.33. The van der Waals surface area contributed by atoms with Crippen molar-refractivity contribution in [2.45, 2.75) is 25.4 Å². The standard InChI is InChI=1S/C16H21F3N4O2/c17-16(18,19)13-10-14(21-11-20-13)22-3-1-12(2-4-22)9-15(24)23-5-7-25-8-6-23/h10-12H,1-9H2. The number of amides is 1. The van der Waals surface area contributed by atoms with Gasteiger partial charge in [0.1, 0.15) is 17.8 Å². The van der Waals surface area contributed by atoms with Crippen molar-refractivity contribution in [3.63, 3.8) is 0 Å². The van der Waals surface area contributed by atoms with Crippen LogP contribution in [-0.4, -0.2) is 60.2 Å². The third-order valence-corrected chi connectivity index (χ3v) is 4.71. The number of nitrogens with zero attached hydrogens (tertiary/aromatic N) is 4. The molecule has 0 spiro atoms. The van der Waals surface area contributed by atoms with Gasteiger partial charge in [-0.2, -0.15) is 13.2 Å². The molecular weight excluding hydrogens is 337 g/mol. The van der Waals surface area contributed by atoms with Gasteiger partial charge in [0.2, 0.25) is 5.91 Å². The van der Waals surface area contributed by atoms with E-state index in [2.05, 4.69) is 9.97 Å². The summed E-state index contributed by atoms with van der Waals surface area (Å²) in [5.41, 5.74) is -0.929. The molecule has 0 N–H and O–H groups in total. The maximum atomic E-state index is 12.8. The average molecular weight is 358 g/mol. The number of carbonyl (C=O) groups excluding carboxylic acids is 1. The summed E-state index contributed by atoms with van der Waals surface area (Å²) in [5.74, 6) is 0.693. The highest BCUT2D eigenvalue weighted by molar-refractivity contribution is 5.76. The minimum atomic E-state index is -4.47. The van der Waals surface area contributed by atoms with E-state index in [9.17, 15) is 18.0 Å². The van der Waals surface area contributed by atoms with E-state index in [1.54, 1.807) is 0 Å². The second-order valence-corrected chi connectivity index (χ2v) is 6.39. The predicted octanol–water partition coefficient (Wildman–Crippen LogP) is 1.96. The fraction of sp³-hybridized carbons (Fsp3) is 0.688. The van der Waals surface area contributed by atoms with Crippen LogP contribution in [0.3, 0.4) is 0 Å². The summed E-state index contributed by atoms with van der Waals surface area (Å²) in [6, 6.07) is 0.985. The number of aromatic nitrogens is 2. The summed E-state index contributed by atoms with van der Waals surface area (Å²) in [6.45, 7) is 3.63. The fourth-order valence-electron chi connectivity index (χ4n) is 3.23. The van der Waals surface area contributed by atoms with Crippen LogP contribution in [0.2, 0.25) is 0 Å². The van der Waals surface area contributed by atoms with E-state index in [4.69, 9.17) is 4.74 Å². The van der Waals surface area contributed by atoms with Gasteiger partial charge >= 0.3 is 6.18 Å². The fourth-order valence-corrected chi connectivity index (χ4v) is 3.23. The van der Waals surface area contributed by atoms with E-state index < -0.39 is 11.9 Å². The molecule has 0 saturated carbocycles. The van der Waals surface area contributed by atoms with Crippen LogP contribution in [0, 0.1) is 5.92 Å². The van der Waals surface area contributed by atoms with Crippen molar-refractivity contribution in [3.8, 4) is 0 Å². The Labute approximate surface area is 144 Å². The Morgan fingerprint density at radius 2 is 1.84 bits per heavy atom. The zero-order chi connectivity index (χ0) is 17.9. The first-order valence-corrected chi connectivity index (χ1v) is 8.43. The normalized spacial score (nSPS) is 20.0. The van der Waals surface area contributed by atoms with E-state index in [-0.39, 0.29) is 11.8 Å². The Hall–Kier alpha value is -1.90. The van der Waals surface area contributed by atoms with E-state index >= 15 is 0 Å². The second-order valence-electron chi connectivity index (χ2n) is 6.39. The molecule has 0 unspecified atom stereocenters. The number of carbonyl (C=O) groups is 1. The van der Waals surface area contributed by atoms with E-state index in [0.717, 1.165) is 25.2 Å². The van der Waals surface area contributed by atoms with Crippen molar-refractivity contribution >= 4 is 11.7 Å². The van der Waals surface area contributed by atoms with Gasteiger partial charge in [0.25, 0.3) is 0 Å². The Balaban J connectivity index is 1.52. The van der Waals surface area contributed by atoms with E-state index in [0.29, 0.717) is 51.6 Å². The largest absolute Gasteiger partial charge is 0.433 e. The minimum absolute atomic E-state index is 0.142. The molecule has 6 nitrogen and oxygen atoms in total. The van der Waals surface area contributed by atoms with Crippen molar-refractivity contribution < 1.29 is 22.7 Å². The van der Waals surface area contributed by atoms with Crippen molar-refractivity contribution in [2.75, 3.05) is 44.3 Å². The van der Waals surface area contributed by atoms with Crippen molar-refractivity contribution in [1.82, 2.24) is 14.9 Å². The van der Waals surface area contributed by atoms with Crippen LogP contribution in [0.15, 0.2) is 12.4 Å². The third kappa shape index (κ3) is 4.59. The van der Waals surface area contributed by atoms with Gasteiger partial charge in [-0.3, -0.25) is 4.79 Å². The summed E-state index contributed by atoms with van der Waals surface area (Å²) < 4.78 is 43.5. The van der Waals surface area contributed by atoms with Gasteiger partial charge in [-0.15, -0.1) is 0 Å². The van der Waals surface area contributed by atoms with Gasteiger partial charge in [-0.1, -0.05) is 0 Å². The molecule has 0 aliphatic carbocycles. The van der Waals surface area contributed by atoms with Crippen molar-refractivity contribution in [2.24, 2.45) is 5.92 Å². The van der Waals surface area contributed by atoms with Crippen LogP contribution in [0.1, 0.15) is 25.0 Å². The zero-order valence-corrected chi connectivity index (χ0v) is 13.8. The number of hydrogen-bond acceptors (Lipinski definition) is 5. The molecule has 1 aromatic heterocycles. The first-order valence-electron chi connectivity index (χ1n) is 8.43. The molecule has 2 aliphatic rings. The van der Waals surface area contributed by atoms with Gasteiger partial charge in [0.05, 0.1) is 13.2 Å². The molecule has 2 aliphatic heterocycles. The monoisotopic (exact) mass is 358 g/mol. The van der Waals surface area contributed by atoms with Gasteiger partial charge in [-0.05, 0) is 18.8 Å². The van der Waals surface area contributed by atoms with Crippen molar-refractivity contribution in [1.29, 1.82) is 0 Å². The number of anilines is 1. The molecule has 3 heterocycles. The van der Waals surface area contributed by atoms with Gasteiger partial charge in [-0.25, -0.2) is 9.97 Å². The molecule has 1 amide bonds. The van der Waals surface area contributed by atoms with E-state index in [1.807, 2.05) is 9.80 Å². The number of alkyl halides is 3. The molecule has 2 fully saturated rings. The SMILES string of the molecule is O=C(CC1CCN(c2cc(C(F)(F)F)ncn2)CC1)N1CCOCC1. The summed E-state index contributed by atoms with van der Waals surface area (Å²) in [5, 5.41) is 0. The number of halogens is 3. The van der Waals surface area contributed by atoms with Crippen LogP contribution < -0.4 is 4.90 Å². The molecule has 0 bridgehead atoms. The average Bonchev–Trinajstić information content (AvgIpc) is 2.62. The molecule has 138 valence electrons. The maximum Gasteiger partial charge on any atom is 0.433 e. The Morgan fingerprint density at radius 3 is 2.48 bits per heavy atom. The zero-order valence-electron chi connectivity index (χ0n) is 13.8.